The smallest absolute Gasteiger partial charge is 0.119 e. The van der Waals surface area contributed by atoms with Gasteiger partial charge >= 0.3 is 0 Å². The first-order chi connectivity index (χ1) is 9.40. The first-order valence-electron chi connectivity index (χ1n) is 6.81. The van der Waals surface area contributed by atoms with Gasteiger partial charge in [-0.2, -0.15) is 0 Å². The Morgan fingerprint density at radius 1 is 1.37 bits per heavy atom. The summed E-state index contributed by atoms with van der Waals surface area (Å²) in [6, 6.07) is 9.05. The molecule has 3 rings (SSSR count). The molecular weight excluding hydrogens is 238 g/mol. The van der Waals surface area contributed by atoms with Crippen molar-refractivity contribution in [2.45, 2.75) is 32.0 Å². The molecule has 0 bridgehead atoms. The van der Waals surface area contributed by atoms with Gasteiger partial charge in [0.1, 0.15) is 12.4 Å². The van der Waals surface area contributed by atoms with E-state index >= 15 is 0 Å². The van der Waals surface area contributed by atoms with Crippen molar-refractivity contribution >= 4 is 0 Å². The lowest BCUT2D eigenvalue weighted by Crippen LogP contribution is -2.15. The zero-order valence-corrected chi connectivity index (χ0v) is 11.0. The van der Waals surface area contributed by atoms with Crippen molar-refractivity contribution in [1.29, 1.82) is 0 Å². The number of aromatic nitrogens is 2. The van der Waals surface area contributed by atoms with Gasteiger partial charge in [0, 0.05) is 25.0 Å². The highest BCUT2D eigenvalue weighted by Crippen LogP contribution is 2.20. The zero-order chi connectivity index (χ0) is 12.9. The van der Waals surface area contributed by atoms with Crippen molar-refractivity contribution in [3.05, 3.63) is 48.5 Å². The van der Waals surface area contributed by atoms with Crippen molar-refractivity contribution in [1.82, 2.24) is 14.9 Å². The van der Waals surface area contributed by atoms with Crippen LogP contribution in [0.3, 0.4) is 0 Å². The number of rotatable bonds is 7. The molecule has 1 aromatic heterocycles. The highest BCUT2D eigenvalue weighted by atomic mass is 16.5. The first kappa shape index (κ1) is 12.2. The molecule has 0 saturated heterocycles. The predicted octanol–water partition coefficient (Wildman–Crippen LogP) is 2.21. The number of nitrogens with zero attached hydrogens (tertiary/aromatic N) is 2. The van der Waals surface area contributed by atoms with E-state index in [2.05, 4.69) is 28.5 Å². The van der Waals surface area contributed by atoms with Crippen molar-refractivity contribution in [3.63, 3.8) is 0 Å². The second-order valence-corrected chi connectivity index (χ2v) is 4.95. The van der Waals surface area contributed by atoms with E-state index in [9.17, 15) is 0 Å². The van der Waals surface area contributed by atoms with E-state index in [4.69, 9.17) is 4.74 Å². The van der Waals surface area contributed by atoms with Gasteiger partial charge < -0.3 is 14.6 Å². The Balaban J connectivity index is 1.47. The third-order valence-corrected chi connectivity index (χ3v) is 3.25. The summed E-state index contributed by atoms with van der Waals surface area (Å²) in [6.07, 6.45) is 8.17. The number of ether oxygens (including phenoxy) is 1. The third-order valence-electron chi connectivity index (χ3n) is 3.25. The van der Waals surface area contributed by atoms with Crippen LogP contribution >= 0.6 is 0 Å². The highest BCUT2D eigenvalue weighted by Gasteiger charge is 2.19. The Labute approximate surface area is 113 Å². The Hall–Kier alpha value is -1.81. The molecule has 1 heterocycles. The van der Waals surface area contributed by atoms with Gasteiger partial charge in [-0.3, -0.25) is 0 Å². The van der Waals surface area contributed by atoms with Crippen LogP contribution in [0.2, 0.25) is 0 Å². The molecule has 1 fully saturated rings. The van der Waals surface area contributed by atoms with Crippen LogP contribution in [0.4, 0.5) is 0 Å². The number of imidazole rings is 1. The Kier molecular flexibility index (Phi) is 3.79. The van der Waals surface area contributed by atoms with E-state index in [-0.39, 0.29) is 0 Å². The number of benzene rings is 1. The second-order valence-electron chi connectivity index (χ2n) is 4.95. The summed E-state index contributed by atoms with van der Waals surface area (Å²) in [5, 5.41) is 3.51. The second kappa shape index (κ2) is 5.89. The minimum atomic E-state index is 0.663. The molecule has 19 heavy (non-hydrogen) atoms. The van der Waals surface area contributed by atoms with Crippen LogP contribution in [-0.2, 0) is 13.1 Å². The monoisotopic (exact) mass is 257 g/mol. The average Bonchev–Trinajstić information content (AvgIpc) is 3.13. The Bertz CT molecular complexity index is 506. The number of nitrogens with one attached hydrogen (secondary N) is 1. The lowest BCUT2D eigenvalue weighted by molar-refractivity contribution is 0.298. The summed E-state index contributed by atoms with van der Waals surface area (Å²) in [5.41, 5.74) is 1.28. The summed E-state index contributed by atoms with van der Waals surface area (Å²) >= 11 is 0. The van der Waals surface area contributed by atoms with Gasteiger partial charge in [0.2, 0.25) is 0 Å². The van der Waals surface area contributed by atoms with Gasteiger partial charge in [0.05, 0.1) is 12.9 Å². The van der Waals surface area contributed by atoms with Gasteiger partial charge in [-0.25, -0.2) is 4.98 Å². The minimum absolute atomic E-state index is 0.663. The molecular formula is C15H19N3O. The maximum atomic E-state index is 5.77. The Morgan fingerprint density at radius 3 is 3.11 bits per heavy atom. The summed E-state index contributed by atoms with van der Waals surface area (Å²) in [4.78, 5) is 4.01. The molecule has 1 aliphatic rings. The average molecular weight is 257 g/mol. The van der Waals surface area contributed by atoms with Gasteiger partial charge in [0.25, 0.3) is 0 Å². The van der Waals surface area contributed by atoms with Crippen molar-refractivity contribution < 1.29 is 4.74 Å². The number of hydrogen-bond donors (Lipinski definition) is 1. The van der Waals surface area contributed by atoms with Crippen molar-refractivity contribution in [2.24, 2.45) is 0 Å². The topological polar surface area (TPSA) is 39.1 Å². The van der Waals surface area contributed by atoms with E-state index < -0.39 is 0 Å². The molecule has 0 spiro atoms. The van der Waals surface area contributed by atoms with Crippen LogP contribution < -0.4 is 10.1 Å². The fourth-order valence-electron chi connectivity index (χ4n) is 1.98. The molecule has 4 heteroatoms. The molecule has 100 valence electrons. The summed E-state index contributed by atoms with van der Waals surface area (Å²) in [6.45, 7) is 2.42. The molecule has 2 aromatic rings. The van der Waals surface area contributed by atoms with E-state index in [1.807, 2.05) is 16.8 Å². The standard InChI is InChI=1S/C15H19N3O/c1-2-13(11-17-14-4-5-14)10-15(3-1)19-9-8-18-7-6-16-12-18/h1-3,6-7,10,12,14,17H,4-5,8-9,11H2. The van der Waals surface area contributed by atoms with Gasteiger partial charge in [0.15, 0.2) is 0 Å². The molecule has 0 atom stereocenters. The molecule has 1 aliphatic carbocycles. The van der Waals surface area contributed by atoms with E-state index in [1.165, 1.54) is 18.4 Å². The van der Waals surface area contributed by atoms with Crippen LogP contribution in [0.1, 0.15) is 18.4 Å². The van der Waals surface area contributed by atoms with Crippen LogP contribution in [0.5, 0.6) is 5.75 Å². The Morgan fingerprint density at radius 2 is 2.32 bits per heavy atom. The molecule has 1 saturated carbocycles. The molecule has 0 radical (unpaired) electrons. The molecule has 0 amide bonds. The lowest BCUT2D eigenvalue weighted by atomic mass is 10.2. The summed E-state index contributed by atoms with van der Waals surface area (Å²) in [5.74, 6) is 0.940. The normalized spacial score (nSPS) is 14.5. The SMILES string of the molecule is c1cc(CNC2CC2)cc(OCCn2ccnc2)c1. The van der Waals surface area contributed by atoms with Crippen LogP contribution in [0.15, 0.2) is 43.0 Å². The minimum Gasteiger partial charge on any atom is -0.492 e. The predicted molar refractivity (Wildman–Crippen MR) is 74.0 cm³/mol. The van der Waals surface area contributed by atoms with E-state index in [1.54, 1.807) is 12.5 Å². The lowest BCUT2D eigenvalue weighted by Gasteiger charge is -2.09. The van der Waals surface area contributed by atoms with E-state index in [0.717, 1.165) is 24.9 Å². The maximum Gasteiger partial charge on any atom is 0.119 e. The van der Waals surface area contributed by atoms with Gasteiger partial charge in [-0.1, -0.05) is 12.1 Å². The quantitative estimate of drug-likeness (QED) is 0.826. The number of hydrogen-bond acceptors (Lipinski definition) is 3. The van der Waals surface area contributed by atoms with Crippen LogP contribution in [0, 0.1) is 0 Å². The molecule has 0 unspecified atom stereocenters. The van der Waals surface area contributed by atoms with Crippen LogP contribution in [0.25, 0.3) is 0 Å². The molecule has 0 aliphatic heterocycles. The third kappa shape index (κ3) is 3.83. The fraction of sp³-hybridized carbons (Fsp3) is 0.400. The first-order valence-corrected chi connectivity index (χ1v) is 6.81. The highest BCUT2D eigenvalue weighted by molar-refractivity contribution is 5.28. The van der Waals surface area contributed by atoms with Gasteiger partial charge in [-0.05, 0) is 30.5 Å². The van der Waals surface area contributed by atoms with Crippen molar-refractivity contribution in [2.75, 3.05) is 6.61 Å². The fourth-order valence-corrected chi connectivity index (χ4v) is 1.98. The molecule has 1 aromatic carbocycles. The summed E-state index contributed by atoms with van der Waals surface area (Å²) < 4.78 is 7.78. The zero-order valence-electron chi connectivity index (χ0n) is 11.0. The van der Waals surface area contributed by atoms with E-state index in [0.29, 0.717) is 6.61 Å². The van der Waals surface area contributed by atoms with Crippen molar-refractivity contribution in [3.8, 4) is 5.75 Å². The summed E-state index contributed by atoms with van der Waals surface area (Å²) in [7, 11) is 0. The maximum absolute atomic E-state index is 5.77. The van der Waals surface area contributed by atoms with Crippen LogP contribution in [-0.4, -0.2) is 22.2 Å². The molecule has 4 nitrogen and oxygen atoms in total. The largest absolute Gasteiger partial charge is 0.492 e. The molecule has 1 N–H and O–H groups in total. The van der Waals surface area contributed by atoms with Gasteiger partial charge in [-0.15, -0.1) is 0 Å².